The maximum absolute atomic E-state index is 11.5. The highest BCUT2D eigenvalue weighted by atomic mass is 16.4. The molecule has 0 bridgehead atoms. The summed E-state index contributed by atoms with van der Waals surface area (Å²) in [5, 5.41) is 21.7. The van der Waals surface area contributed by atoms with Crippen LogP contribution in [-0.4, -0.2) is 16.2 Å². The molecule has 2 aromatic carbocycles. The molecule has 2 N–H and O–H groups in total. The molecule has 0 aliphatic heterocycles. The average Bonchev–Trinajstić information content (AvgIpc) is 2.68. The second-order valence-electron chi connectivity index (χ2n) is 8.18. The molecule has 0 heterocycles. The third-order valence-corrected chi connectivity index (χ3v) is 6.48. The van der Waals surface area contributed by atoms with Crippen molar-refractivity contribution in [3.63, 3.8) is 0 Å². The van der Waals surface area contributed by atoms with Crippen molar-refractivity contribution in [2.45, 2.75) is 76.0 Å². The van der Waals surface area contributed by atoms with Gasteiger partial charge in [-0.15, -0.1) is 0 Å². The molecule has 2 fully saturated rings. The topological polar surface area (TPSA) is 57.5 Å². The summed E-state index contributed by atoms with van der Waals surface area (Å²) in [6.45, 7) is 0. The molecule has 2 aliphatic carbocycles. The van der Waals surface area contributed by atoms with Crippen LogP contribution in [0.2, 0.25) is 0 Å². The molecular weight excluding hydrogens is 324 g/mol. The summed E-state index contributed by atoms with van der Waals surface area (Å²) in [6, 6.07) is 7.93. The van der Waals surface area contributed by atoms with E-state index in [1.165, 1.54) is 75.3 Å². The highest BCUT2D eigenvalue weighted by Crippen LogP contribution is 2.42. The number of phenols is 1. The van der Waals surface area contributed by atoms with E-state index in [2.05, 4.69) is 12.1 Å². The van der Waals surface area contributed by atoms with Gasteiger partial charge in [-0.3, -0.25) is 0 Å². The van der Waals surface area contributed by atoms with Crippen LogP contribution in [0, 0.1) is 0 Å². The molecule has 2 aromatic rings. The molecule has 0 aromatic heterocycles. The third kappa shape index (κ3) is 3.32. The van der Waals surface area contributed by atoms with Crippen LogP contribution < -0.4 is 0 Å². The number of carboxylic acids is 1. The zero-order valence-corrected chi connectivity index (χ0v) is 15.3. The van der Waals surface area contributed by atoms with Crippen LogP contribution in [0.15, 0.2) is 24.3 Å². The molecule has 3 heteroatoms. The zero-order valence-electron chi connectivity index (χ0n) is 15.3. The van der Waals surface area contributed by atoms with Crippen molar-refractivity contribution in [2.75, 3.05) is 0 Å². The van der Waals surface area contributed by atoms with Gasteiger partial charge in [0.25, 0.3) is 0 Å². The van der Waals surface area contributed by atoms with Gasteiger partial charge in [-0.05, 0) is 71.6 Å². The van der Waals surface area contributed by atoms with E-state index in [0.717, 1.165) is 10.8 Å². The third-order valence-electron chi connectivity index (χ3n) is 6.48. The molecule has 0 unspecified atom stereocenters. The van der Waals surface area contributed by atoms with E-state index in [9.17, 15) is 15.0 Å². The maximum atomic E-state index is 11.5. The fraction of sp³-hybridized carbons (Fsp3) is 0.522. The van der Waals surface area contributed by atoms with Gasteiger partial charge in [0.15, 0.2) is 0 Å². The number of hydrogen-bond donors (Lipinski definition) is 2. The predicted octanol–water partition coefficient (Wildman–Crippen LogP) is 6.34. The number of aromatic hydroxyl groups is 1. The van der Waals surface area contributed by atoms with Crippen LogP contribution in [0.3, 0.4) is 0 Å². The minimum atomic E-state index is -1.06. The maximum Gasteiger partial charge on any atom is 0.339 e. The summed E-state index contributed by atoms with van der Waals surface area (Å²) in [4.78, 5) is 11.5. The minimum absolute atomic E-state index is 0.00730. The number of carboxylic acid groups (broad SMARTS) is 1. The fourth-order valence-corrected chi connectivity index (χ4v) is 5.05. The van der Waals surface area contributed by atoms with Crippen molar-refractivity contribution in [3.8, 4) is 5.75 Å². The molecule has 3 nitrogen and oxygen atoms in total. The van der Waals surface area contributed by atoms with Gasteiger partial charge in [0.1, 0.15) is 11.3 Å². The van der Waals surface area contributed by atoms with Gasteiger partial charge >= 0.3 is 5.97 Å². The van der Waals surface area contributed by atoms with Crippen LogP contribution in [0.1, 0.15) is 97.5 Å². The lowest BCUT2D eigenvalue weighted by Crippen LogP contribution is -2.09. The van der Waals surface area contributed by atoms with Crippen LogP contribution in [0.5, 0.6) is 5.75 Å². The van der Waals surface area contributed by atoms with Gasteiger partial charge in [-0.25, -0.2) is 4.79 Å². The number of hydrogen-bond acceptors (Lipinski definition) is 2. The van der Waals surface area contributed by atoms with Crippen molar-refractivity contribution in [2.24, 2.45) is 0 Å². The van der Waals surface area contributed by atoms with E-state index in [1.54, 1.807) is 12.1 Å². The average molecular weight is 352 g/mol. The SMILES string of the molecule is O=C(O)c1cc2cc(C3CCCCC3)cc(C3CCCCC3)c2cc1O. The molecule has 0 saturated heterocycles. The summed E-state index contributed by atoms with van der Waals surface area (Å²) >= 11 is 0. The smallest absolute Gasteiger partial charge is 0.339 e. The van der Waals surface area contributed by atoms with Crippen LogP contribution in [0.25, 0.3) is 10.8 Å². The van der Waals surface area contributed by atoms with Crippen LogP contribution in [0.4, 0.5) is 0 Å². The molecule has 2 saturated carbocycles. The van der Waals surface area contributed by atoms with E-state index in [-0.39, 0.29) is 11.3 Å². The first-order chi connectivity index (χ1) is 12.6. The van der Waals surface area contributed by atoms with E-state index in [1.807, 2.05) is 0 Å². The number of aromatic carboxylic acids is 1. The lowest BCUT2D eigenvalue weighted by atomic mass is 9.78. The van der Waals surface area contributed by atoms with Gasteiger partial charge in [-0.2, -0.15) is 0 Å². The Labute approximate surface area is 155 Å². The largest absolute Gasteiger partial charge is 0.507 e. The fourth-order valence-electron chi connectivity index (χ4n) is 5.05. The lowest BCUT2D eigenvalue weighted by Gasteiger charge is -2.27. The van der Waals surface area contributed by atoms with Crippen molar-refractivity contribution in [1.82, 2.24) is 0 Å². The number of rotatable bonds is 3. The molecular formula is C23H28O3. The van der Waals surface area contributed by atoms with Crippen LogP contribution >= 0.6 is 0 Å². The van der Waals surface area contributed by atoms with E-state index in [4.69, 9.17) is 0 Å². The van der Waals surface area contributed by atoms with E-state index >= 15 is 0 Å². The number of carbonyl (C=O) groups is 1. The Balaban J connectivity index is 1.87. The second-order valence-corrected chi connectivity index (χ2v) is 8.18. The van der Waals surface area contributed by atoms with Crippen molar-refractivity contribution in [3.05, 3.63) is 41.0 Å². The molecule has 0 spiro atoms. The number of fused-ring (bicyclic) bond motifs is 1. The standard InChI is InChI=1S/C23H28O3/c24-22-14-20-18(13-21(22)23(25)26)11-17(15-7-3-1-4-8-15)12-19(20)16-9-5-2-6-10-16/h11-16,24H,1-10H2,(H,25,26). The Morgan fingerprint density at radius 2 is 1.42 bits per heavy atom. The second kappa shape index (κ2) is 7.30. The Hall–Kier alpha value is -2.03. The Kier molecular flexibility index (Phi) is 4.88. The summed E-state index contributed by atoms with van der Waals surface area (Å²) in [7, 11) is 0. The van der Waals surface area contributed by atoms with Crippen molar-refractivity contribution >= 4 is 16.7 Å². The van der Waals surface area contributed by atoms with Gasteiger partial charge in [0, 0.05) is 0 Å². The highest BCUT2D eigenvalue weighted by molar-refractivity contribution is 5.99. The number of benzene rings is 2. The first-order valence-corrected chi connectivity index (χ1v) is 10.2. The Bertz CT molecular complexity index is 812. The highest BCUT2D eigenvalue weighted by Gasteiger charge is 2.23. The van der Waals surface area contributed by atoms with E-state index < -0.39 is 5.97 Å². The molecule has 0 amide bonds. The van der Waals surface area contributed by atoms with E-state index in [0.29, 0.717) is 11.8 Å². The minimum Gasteiger partial charge on any atom is -0.507 e. The predicted molar refractivity (Wildman–Crippen MR) is 104 cm³/mol. The van der Waals surface area contributed by atoms with Crippen molar-refractivity contribution in [1.29, 1.82) is 0 Å². The van der Waals surface area contributed by atoms with Gasteiger partial charge in [0.2, 0.25) is 0 Å². The van der Waals surface area contributed by atoms with Gasteiger partial charge < -0.3 is 10.2 Å². The quantitative estimate of drug-likeness (QED) is 0.677. The van der Waals surface area contributed by atoms with Gasteiger partial charge in [0.05, 0.1) is 0 Å². The Morgan fingerprint density at radius 3 is 2.04 bits per heavy atom. The first-order valence-electron chi connectivity index (χ1n) is 10.2. The Morgan fingerprint density at radius 1 is 0.808 bits per heavy atom. The van der Waals surface area contributed by atoms with Gasteiger partial charge in [-0.1, -0.05) is 50.7 Å². The van der Waals surface area contributed by atoms with Crippen molar-refractivity contribution < 1.29 is 15.0 Å². The summed E-state index contributed by atoms with van der Waals surface area (Å²) in [6.07, 6.45) is 12.6. The molecule has 0 atom stereocenters. The molecule has 138 valence electrons. The summed E-state index contributed by atoms with van der Waals surface area (Å²) < 4.78 is 0. The first kappa shape index (κ1) is 17.4. The summed E-state index contributed by atoms with van der Waals surface area (Å²) in [5.74, 6) is -0.0541. The lowest BCUT2D eigenvalue weighted by molar-refractivity contribution is 0.0694. The zero-order chi connectivity index (χ0) is 18.1. The summed E-state index contributed by atoms with van der Waals surface area (Å²) in [5.41, 5.74) is 2.71. The molecule has 4 rings (SSSR count). The van der Waals surface area contributed by atoms with Crippen LogP contribution in [-0.2, 0) is 0 Å². The molecule has 0 radical (unpaired) electrons. The monoisotopic (exact) mass is 352 g/mol. The molecule has 26 heavy (non-hydrogen) atoms. The normalized spacial score (nSPS) is 19.7. The molecule has 2 aliphatic rings.